The molecule has 0 aliphatic heterocycles. The van der Waals surface area contributed by atoms with Crippen molar-refractivity contribution in [2.75, 3.05) is 0 Å². The molecule has 0 aliphatic rings. The lowest BCUT2D eigenvalue weighted by Crippen LogP contribution is -2.12. The van der Waals surface area contributed by atoms with Crippen LogP contribution in [0.3, 0.4) is 0 Å². The molecule has 0 fully saturated rings. The van der Waals surface area contributed by atoms with Crippen LogP contribution in [0.15, 0.2) is 41.3 Å². The minimum atomic E-state index is -4.44. The lowest BCUT2D eigenvalue weighted by molar-refractivity contribution is 0.464. The molecule has 0 heterocycles. The molecule has 3 nitrogen and oxygen atoms in total. The van der Waals surface area contributed by atoms with Crippen molar-refractivity contribution in [3.8, 4) is 0 Å². The zero-order chi connectivity index (χ0) is 13.6. The predicted octanol–water partition coefficient (Wildman–Crippen LogP) is 3.04. The van der Waals surface area contributed by atoms with Crippen LogP contribution in [0.2, 0.25) is 0 Å². The Balaban J connectivity index is 2.91. The first-order valence-corrected chi connectivity index (χ1v) is 7.10. The van der Waals surface area contributed by atoms with Crippen molar-refractivity contribution in [1.82, 2.24) is 0 Å². The predicted molar refractivity (Wildman–Crippen MR) is 70.6 cm³/mol. The van der Waals surface area contributed by atoms with Crippen LogP contribution in [-0.4, -0.2) is 13.0 Å². The summed E-state index contributed by atoms with van der Waals surface area (Å²) in [6.07, 6.45) is 0. The van der Waals surface area contributed by atoms with Crippen LogP contribution < -0.4 is 0 Å². The second-order valence-electron chi connectivity index (χ2n) is 5.36. The second-order valence-corrected chi connectivity index (χ2v) is 6.71. The zero-order valence-electron chi connectivity index (χ0n) is 10.6. The topological polar surface area (TPSA) is 57.2 Å². The molecule has 18 heavy (non-hydrogen) atoms. The van der Waals surface area contributed by atoms with Gasteiger partial charge in [-0.2, -0.15) is 0 Å². The van der Waals surface area contributed by atoms with Crippen LogP contribution in [0.1, 0.15) is 26.3 Å². The molecule has 0 spiro atoms. The zero-order valence-corrected chi connectivity index (χ0v) is 11.4. The van der Waals surface area contributed by atoms with Gasteiger partial charge in [0, 0.05) is 0 Å². The summed E-state index contributed by atoms with van der Waals surface area (Å²) in [7, 11) is -4.44. The maximum Gasteiger partial charge on any atom is 0.125 e. The van der Waals surface area contributed by atoms with Crippen LogP contribution >= 0.6 is 0 Å². The van der Waals surface area contributed by atoms with E-state index in [1.807, 2.05) is 12.1 Å². The van der Waals surface area contributed by atoms with Crippen molar-refractivity contribution in [1.29, 1.82) is 0 Å². The summed E-state index contributed by atoms with van der Waals surface area (Å²) in [6.45, 7) is 6.17. The molecule has 2 aromatic carbocycles. The third kappa shape index (κ3) is 2.26. The van der Waals surface area contributed by atoms with Crippen LogP contribution in [-0.2, 0) is 15.5 Å². The molecular weight excluding hydrogens is 248 g/mol. The number of rotatable bonds is 1. The summed E-state index contributed by atoms with van der Waals surface area (Å²) >= 11 is 0. The van der Waals surface area contributed by atoms with Crippen molar-refractivity contribution in [3.05, 3.63) is 42.0 Å². The number of fused-ring (bicyclic) bond motifs is 1. The molecule has 0 bridgehead atoms. The summed E-state index contributed by atoms with van der Waals surface area (Å²) in [5.41, 5.74) is 0.927. The molecule has 4 heteroatoms. The highest BCUT2D eigenvalue weighted by Gasteiger charge is 2.18. The quantitative estimate of drug-likeness (QED) is 0.743. The normalized spacial score (nSPS) is 12.9. The third-order valence-electron chi connectivity index (χ3n) is 2.96. The number of benzene rings is 2. The maximum absolute atomic E-state index is 11.3. The van der Waals surface area contributed by atoms with Gasteiger partial charge in [-0.25, -0.2) is 8.42 Å². The fourth-order valence-electron chi connectivity index (χ4n) is 2.15. The van der Waals surface area contributed by atoms with Crippen molar-refractivity contribution < 1.29 is 13.0 Å². The Bertz CT molecular complexity index is 695. The molecule has 0 atom stereocenters. The van der Waals surface area contributed by atoms with Crippen molar-refractivity contribution in [2.24, 2.45) is 0 Å². The first-order valence-electron chi connectivity index (χ1n) is 5.69. The van der Waals surface area contributed by atoms with E-state index < -0.39 is 10.1 Å². The van der Waals surface area contributed by atoms with E-state index in [9.17, 15) is 13.0 Å². The SMILES string of the molecule is CC(C)(C)c1cccc2c(S(=O)(=O)[O-])cccc12. The lowest BCUT2D eigenvalue weighted by atomic mass is 9.84. The van der Waals surface area contributed by atoms with Gasteiger partial charge < -0.3 is 4.55 Å². The van der Waals surface area contributed by atoms with E-state index in [1.165, 1.54) is 6.07 Å². The molecular formula is C14H15O3S-. The summed E-state index contributed by atoms with van der Waals surface area (Å²) in [5.74, 6) is 0. The van der Waals surface area contributed by atoms with Gasteiger partial charge in [0.25, 0.3) is 0 Å². The Morgan fingerprint density at radius 1 is 0.944 bits per heavy atom. The van der Waals surface area contributed by atoms with Gasteiger partial charge in [-0.3, -0.25) is 0 Å². The van der Waals surface area contributed by atoms with Gasteiger partial charge in [-0.05, 0) is 27.8 Å². The van der Waals surface area contributed by atoms with Crippen LogP contribution in [0.25, 0.3) is 10.8 Å². The standard InChI is InChI=1S/C14H16O3S/c1-14(2,3)12-8-4-7-11-10(12)6-5-9-13(11)18(15,16)17/h4-9H,1-3H3,(H,15,16,17)/p-1. The molecule has 0 aliphatic carbocycles. The molecule has 0 saturated heterocycles. The Hall–Kier alpha value is -1.39. The molecule has 0 amide bonds. The fourth-order valence-corrected chi connectivity index (χ4v) is 2.85. The maximum atomic E-state index is 11.3. The number of hydrogen-bond acceptors (Lipinski definition) is 3. The minimum absolute atomic E-state index is 0.106. The van der Waals surface area contributed by atoms with Gasteiger partial charge in [0.05, 0.1) is 4.90 Å². The monoisotopic (exact) mass is 263 g/mol. The van der Waals surface area contributed by atoms with Crippen LogP contribution in [0.4, 0.5) is 0 Å². The van der Waals surface area contributed by atoms with E-state index in [1.54, 1.807) is 18.2 Å². The first kappa shape index (κ1) is 13.1. The van der Waals surface area contributed by atoms with E-state index >= 15 is 0 Å². The van der Waals surface area contributed by atoms with Gasteiger partial charge in [0.2, 0.25) is 0 Å². The Morgan fingerprint density at radius 3 is 2.06 bits per heavy atom. The minimum Gasteiger partial charge on any atom is -0.744 e. The Kier molecular flexibility index (Phi) is 2.95. The smallest absolute Gasteiger partial charge is 0.125 e. The van der Waals surface area contributed by atoms with E-state index in [4.69, 9.17) is 0 Å². The van der Waals surface area contributed by atoms with Crippen LogP contribution in [0, 0.1) is 0 Å². The molecule has 0 saturated carbocycles. The molecule has 0 radical (unpaired) electrons. The van der Waals surface area contributed by atoms with Gasteiger partial charge in [0.15, 0.2) is 0 Å². The summed E-state index contributed by atoms with van der Waals surface area (Å²) < 4.78 is 33.8. The van der Waals surface area contributed by atoms with E-state index in [0.29, 0.717) is 5.39 Å². The first-order chi connectivity index (χ1) is 8.21. The highest BCUT2D eigenvalue weighted by atomic mass is 32.2. The summed E-state index contributed by atoms with van der Waals surface area (Å²) in [5, 5.41) is 1.32. The average molecular weight is 263 g/mol. The molecule has 0 aromatic heterocycles. The highest BCUT2D eigenvalue weighted by molar-refractivity contribution is 7.86. The highest BCUT2D eigenvalue weighted by Crippen LogP contribution is 2.32. The van der Waals surface area contributed by atoms with E-state index in [2.05, 4.69) is 20.8 Å². The van der Waals surface area contributed by atoms with Crippen molar-refractivity contribution in [2.45, 2.75) is 31.1 Å². The largest absolute Gasteiger partial charge is 0.744 e. The van der Waals surface area contributed by atoms with E-state index in [0.717, 1.165) is 10.9 Å². The Morgan fingerprint density at radius 2 is 1.50 bits per heavy atom. The van der Waals surface area contributed by atoms with Gasteiger partial charge >= 0.3 is 0 Å². The Labute approximate surface area is 107 Å². The van der Waals surface area contributed by atoms with Gasteiger partial charge in [-0.15, -0.1) is 0 Å². The molecule has 96 valence electrons. The van der Waals surface area contributed by atoms with Crippen molar-refractivity contribution in [3.63, 3.8) is 0 Å². The molecule has 0 unspecified atom stereocenters. The van der Waals surface area contributed by atoms with E-state index in [-0.39, 0.29) is 10.3 Å². The van der Waals surface area contributed by atoms with Gasteiger partial charge in [-0.1, -0.05) is 51.1 Å². The average Bonchev–Trinajstić information content (AvgIpc) is 2.24. The molecule has 0 N–H and O–H groups in total. The summed E-state index contributed by atoms with van der Waals surface area (Å²) in [4.78, 5) is -0.147. The fraction of sp³-hybridized carbons (Fsp3) is 0.286. The lowest BCUT2D eigenvalue weighted by Gasteiger charge is -2.22. The number of hydrogen-bond donors (Lipinski definition) is 0. The summed E-state index contributed by atoms with van der Waals surface area (Å²) in [6, 6.07) is 10.3. The van der Waals surface area contributed by atoms with Crippen molar-refractivity contribution >= 4 is 20.9 Å². The third-order valence-corrected chi connectivity index (χ3v) is 3.85. The second kappa shape index (κ2) is 4.07. The molecule has 2 aromatic rings. The van der Waals surface area contributed by atoms with Crippen LogP contribution in [0.5, 0.6) is 0 Å². The van der Waals surface area contributed by atoms with Gasteiger partial charge in [0.1, 0.15) is 10.1 Å². The molecule has 2 rings (SSSR count).